The molecule has 3 aliphatic carbocycles. The average Bonchev–Trinajstić information content (AvgIpc) is 1.58. The highest BCUT2D eigenvalue weighted by atomic mass is 15.2. The van der Waals surface area contributed by atoms with Crippen LogP contribution in [0.3, 0.4) is 0 Å². The van der Waals surface area contributed by atoms with Crippen LogP contribution >= 0.6 is 0 Å². The first kappa shape index (κ1) is 91.7. The zero-order valence-electron chi connectivity index (χ0n) is 84.5. The van der Waals surface area contributed by atoms with Gasteiger partial charge in [-0.25, -0.2) is 0 Å². The molecule has 0 saturated heterocycles. The molecule has 0 spiro atoms. The number of anilines is 9. The largest absolute Gasteiger partial charge is 0.310 e. The van der Waals surface area contributed by atoms with Gasteiger partial charge in [0.2, 0.25) is 0 Å². The van der Waals surface area contributed by atoms with Crippen molar-refractivity contribution in [3.05, 3.63) is 572 Å². The molecule has 0 bridgehead atoms. The summed E-state index contributed by atoms with van der Waals surface area (Å²) in [7, 11) is 0. The van der Waals surface area contributed by atoms with Crippen LogP contribution in [0.2, 0.25) is 0 Å². The molecule has 26 rings (SSSR count). The van der Waals surface area contributed by atoms with Crippen LogP contribution in [0.4, 0.5) is 51.2 Å². The van der Waals surface area contributed by atoms with E-state index in [0.717, 1.165) is 28.4 Å². The van der Waals surface area contributed by atoms with Crippen molar-refractivity contribution in [3.8, 4) is 122 Å². The minimum absolute atomic E-state index is 0.0714. The predicted octanol–water partition coefficient (Wildman–Crippen LogP) is 40.1. The van der Waals surface area contributed by atoms with Crippen LogP contribution in [0.5, 0.6) is 0 Å². The molecule has 23 aromatic carbocycles. The molecule has 704 valence electrons. The van der Waals surface area contributed by atoms with Gasteiger partial charge in [-0.3, -0.25) is 0 Å². The Kier molecular flexibility index (Phi) is 23.8. The molecule has 0 heterocycles. The lowest BCUT2D eigenvalue weighted by molar-refractivity contribution is 0.660. The van der Waals surface area contributed by atoms with Crippen molar-refractivity contribution >= 4 is 83.5 Å². The number of rotatable bonds is 17. The number of hydrogen-bond donors (Lipinski definition) is 0. The number of hydrogen-bond acceptors (Lipinski definition) is 3. The normalized spacial score (nSPS) is 12.8. The van der Waals surface area contributed by atoms with Crippen molar-refractivity contribution in [3.63, 3.8) is 0 Å². The van der Waals surface area contributed by atoms with E-state index in [0.29, 0.717) is 0 Å². The number of aryl methyl sites for hydroxylation is 3. The molecule has 23 aromatic rings. The van der Waals surface area contributed by atoms with Gasteiger partial charge in [-0.15, -0.1) is 0 Å². The molecule has 0 aliphatic heterocycles. The molecular formula is C144H113N3. The maximum Gasteiger partial charge on any atom is 0.0491 e. The summed E-state index contributed by atoms with van der Waals surface area (Å²) >= 11 is 0. The van der Waals surface area contributed by atoms with Gasteiger partial charge in [0, 0.05) is 67.4 Å². The van der Waals surface area contributed by atoms with Crippen molar-refractivity contribution in [1.29, 1.82) is 0 Å². The number of nitrogens with zero attached hydrogens (tertiary/aromatic N) is 3. The summed E-state index contributed by atoms with van der Waals surface area (Å²) in [5.74, 6) is 0. The molecule has 0 unspecified atom stereocenters. The van der Waals surface area contributed by atoms with Gasteiger partial charge in [0.25, 0.3) is 0 Å². The van der Waals surface area contributed by atoms with Crippen molar-refractivity contribution in [2.24, 2.45) is 0 Å². The monoisotopic (exact) mass is 1880 g/mol. The first-order valence-corrected chi connectivity index (χ1v) is 51.5. The topological polar surface area (TPSA) is 9.72 Å². The van der Waals surface area contributed by atoms with Gasteiger partial charge < -0.3 is 14.7 Å². The van der Waals surface area contributed by atoms with E-state index in [4.69, 9.17) is 0 Å². The van der Waals surface area contributed by atoms with Crippen LogP contribution in [0.15, 0.2) is 522 Å². The summed E-state index contributed by atoms with van der Waals surface area (Å²) in [6, 6.07) is 191. The van der Waals surface area contributed by atoms with E-state index < -0.39 is 0 Å². The van der Waals surface area contributed by atoms with Crippen molar-refractivity contribution in [2.45, 2.75) is 78.6 Å². The molecule has 0 fully saturated rings. The summed E-state index contributed by atoms with van der Waals surface area (Å²) in [4.78, 5) is 7.30. The minimum Gasteiger partial charge on any atom is -0.310 e. The van der Waals surface area contributed by atoms with E-state index in [2.05, 4.69) is 599 Å². The molecule has 0 aromatic heterocycles. The van der Waals surface area contributed by atoms with Crippen LogP contribution in [0.25, 0.3) is 155 Å². The fraction of sp³-hybridized carbons (Fsp3) is 0.0833. The van der Waals surface area contributed by atoms with Crippen LogP contribution in [-0.4, -0.2) is 0 Å². The van der Waals surface area contributed by atoms with Gasteiger partial charge in [0.15, 0.2) is 0 Å². The Morgan fingerprint density at radius 3 is 0.639 bits per heavy atom. The number of benzene rings is 23. The van der Waals surface area contributed by atoms with E-state index in [1.165, 1.54) is 228 Å². The first-order chi connectivity index (χ1) is 71.9. The molecule has 0 saturated carbocycles. The van der Waals surface area contributed by atoms with Gasteiger partial charge in [-0.2, -0.15) is 0 Å². The quantitative estimate of drug-likeness (QED) is 0.0900. The summed E-state index contributed by atoms with van der Waals surface area (Å²) in [5.41, 5.74) is 49.8. The van der Waals surface area contributed by atoms with Crippen LogP contribution in [-0.2, 0) is 16.2 Å². The lowest BCUT2D eigenvalue weighted by Gasteiger charge is -2.29. The standard InChI is InChI=1S/2C50H39N.C44H35N/c1-34-32-38(44-22-13-17-36-16-7-8-18-42(36)44)26-31-49(34)51(40-29-30-46-45-21-11-12-23-47(45)50(2,3)48(46)33-40)39-27-24-37(25-28-39)43-20-10-9-19-41(43)35-14-5-4-6-15-35;1-34-32-40(44-18-11-15-39-14-7-8-16-43(39)44)26-31-49(34)51(42-29-30-46-45-17-9-10-19-47(45)50(2,3)48(46)33-42)41-27-24-38(25-28-41)37-22-20-36(21-23-37)35-12-5-4-6-13-35;1-30-28-34(38-18-11-15-33-14-7-8-16-37(33)38)22-27-43(30)45(35-23-20-32(21-24-35)31-12-5-4-6-13-31)36-25-26-40-39-17-9-10-19-41(39)44(2,3)42(40)29-36/h2*4-33H,1-3H3;4-29H,1-3H3. The van der Waals surface area contributed by atoms with Crippen molar-refractivity contribution < 1.29 is 0 Å². The second-order valence-electron chi connectivity index (χ2n) is 41.2. The summed E-state index contributed by atoms with van der Waals surface area (Å²) < 4.78 is 0. The third kappa shape index (κ3) is 16.9. The first-order valence-electron chi connectivity index (χ1n) is 51.5. The maximum absolute atomic E-state index is 2.44. The van der Waals surface area contributed by atoms with Gasteiger partial charge in [0.1, 0.15) is 0 Å². The second kappa shape index (κ2) is 38.2. The Balaban J connectivity index is 0.000000118. The molecule has 147 heavy (non-hydrogen) atoms. The zero-order valence-corrected chi connectivity index (χ0v) is 84.5. The van der Waals surface area contributed by atoms with E-state index in [-0.39, 0.29) is 16.2 Å². The fourth-order valence-electron chi connectivity index (χ4n) is 23.5. The zero-order chi connectivity index (χ0) is 99.6. The van der Waals surface area contributed by atoms with Gasteiger partial charge in [0.05, 0.1) is 0 Å². The molecular weight excluding hydrogens is 1770 g/mol. The van der Waals surface area contributed by atoms with Gasteiger partial charge in [-0.1, -0.05) is 454 Å². The summed E-state index contributed by atoms with van der Waals surface area (Å²) in [5, 5.41) is 7.61. The summed E-state index contributed by atoms with van der Waals surface area (Å²) in [6.07, 6.45) is 0. The Hall–Kier alpha value is -17.8. The molecule has 3 heteroatoms. The summed E-state index contributed by atoms with van der Waals surface area (Å²) in [6.45, 7) is 20.9. The Bertz CT molecular complexity index is 8920. The second-order valence-corrected chi connectivity index (χ2v) is 41.2. The van der Waals surface area contributed by atoms with E-state index >= 15 is 0 Å². The van der Waals surface area contributed by atoms with Crippen LogP contribution in [0, 0.1) is 20.8 Å². The van der Waals surface area contributed by atoms with Crippen molar-refractivity contribution in [1.82, 2.24) is 0 Å². The average molecular weight is 1890 g/mol. The Morgan fingerprint density at radius 1 is 0.136 bits per heavy atom. The van der Waals surface area contributed by atoms with E-state index in [9.17, 15) is 0 Å². The lowest BCUT2D eigenvalue weighted by Crippen LogP contribution is -2.17. The predicted molar refractivity (Wildman–Crippen MR) is 626 cm³/mol. The smallest absolute Gasteiger partial charge is 0.0491 e. The van der Waals surface area contributed by atoms with Gasteiger partial charge in [-0.05, 0) is 335 Å². The molecule has 3 aliphatic rings. The SMILES string of the molecule is Cc1cc(-c2cccc3ccccc23)ccc1N(c1ccc(-c2ccc(-c3ccccc3)cc2)cc1)c1ccc2c(c1)C(C)(C)c1ccccc1-2.Cc1cc(-c2cccc3ccccc23)ccc1N(c1ccc(-c2ccccc2)cc1)c1ccc2c(c1)C(C)(C)c1ccccc1-2.Cc1cc(-c2cccc3ccccc23)ccc1N(c1ccc(-c2ccccc2-c2ccccc2)cc1)c1ccc2c(c1)C(C)(C)c1ccccc1-2. The van der Waals surface area contributed by atoms with E-state index in [1.54, 1.807) is 0 Å². The Labute approximate surface area is 864 Å². The van der Waals surface area contributed by atoms with E-state index in [1.807, 2.05) is 0 Å². The fourth-order valence-corrected chi connectivity index (χ4v) is 23.5. The third-order valence-corrected chi connectivity index (χ3v) is 31.2. The highest BCUT2D eigenvalue weighted by molar-refractivity contribution is 6.02. The number of fused-ring (bicyclic) bond motifs is 12. The highest BCUT2D eigenvalue weighted by Gasteiger charge is 2.40. The molecule has 3 nitrogen and oxygen atoms in total. The molecule has 0 radical (unpaired) electrons. The lowest BCUT2D eigenvalue weighted by atomic mass is 9.82. The molecule has 0 atom stereocenters. The maximum atomic E-state index is 2.44. The van der Waals surface area contributed by atoms with Crippen LogP contribution in [0.1, 0.15) is 91.6 Å². The third-order valence-electron chi connectivity index (χ3n) is 31.2. The van der Waals surface area contributed by atoms with Crippen molar-refractivity contribution in [2.75, 3.05) is 14.7 Å². The molecule has 0 N–H and O–H groups in total. The minimum atomic E-state index is -0.0914. The highest BCUT2D eigenvalue weighted by Crippen LogP contribution is 2.56. The Morgan fingerprint density at radius 2 is 0.340 bits per heavy atom. The van der Waals surface area contributed by atoms with Crippen LogP contribution < -0.4 is 14.7 Å². The molecule has 0 amide bonds. The van der Waals surface area contributed by atoms with Gasteiger partial charge >= 0.3 is 0 Å².